The maximum atomic E-state index is 12.6. The van der Waals surface area contributed by atoms with E-state index in [0.29, 0.717) is 35.5 Å². The molecule has 0 N–H and O–H groups in total. The molecular weight excluding hydrogens is 346 g/mol. The van der Waals surface area contributed by atoms with Crippen LogP contribution < -0.4 is 0 Å². The Labute approximate surface area is 147 Å². The van der Waals surface area contributed by atoms with Crippen LogP contribution in [0.1, 0.15) is 20.8 Å². The summed E-state index contributed by atoms with van der Waals surface area (Å²) in [5.41, 5.74) is 1.59. The van der Waals surface area contributed by atoms with Gasteiger partial charge in [-0.1, -0.05) is 43.8 Å². The molecule has 0 unspecified atom stereocenters. The van der Waals surface area contributed by atoms with E-state index >= 15 is 0 Å². The summed E-state index contributed by atoms with van der Waals surface area (Å²) >= 11 is 1.40. The lowest BCUT2D eigenvalue weighted by atomic mass is 10.2. The molecule has 1 aromatic heterocycles. The Balaban J connectivity index is 2.29. The van der Waals surface area contributed by atoms with E-state index in [2.05, 4.69) is 16.8 Å². The maximum absolute atomic E-state index is 12.6. The molecule has 0 saturated carbocycles. The molecule has 0 aliphatic carbocycles. The van der Waals surface area contributed by atoms with Crippen LogP contribution in [0.15, 0.2) is 51.0 Å². The predicted octanol–water partition coefficient (Wildman–Crippen LogP) is 3.44. The van der Waals surface area contributed by atoms with Gasteiger partial charge in [-0.3, -0.25) is 0 Å². The Morgan fingerprint density at radius 3 is 2.62 bits per heavy atom. The molecule has 0 amide bonds. The summed E-state index contributed by atoms with van der Waals surface area (Å²) in [6, 6.07) is 6.57. The topological polar surface area (TPSA) is 76.3 Å². The highest BCUT2D eigenvalue weighted by atomic mass is 32.2. The molecule has 1 aromatic carbocycles. The van der Waals surface area contributed by atoms with Gasteiger partial charge in [-0.25, -0.2) is 8.42 Å². The molecule has 8 heteroatoms. The molecule has 2 aromatic rings. The van der Waals surface area contributed by atoms with Crippen molar-refractivity contribution >= 4 is 21.8 Å². The molecule has 24 heavy (non-hydrogen) atoms. The van der Waals surface area contributed by atoms with Crippen molar-refractivity contribution in [2.75, 3.05) is 18.8 Å². The molecule has 0 radical (unpaired) electrons. The van der Waals surface area contributed by atoms with Crippen molar-refractivity contribution in [2.45, 2.75) is 30.9 Å². The molecule has 0 fully saturated rings. The van der Waals surface area contributed by atoms with Crippen molar-refractivity contribution < 1.29 is 12.8 Å². The van der Waals surface area contributed by atoms with E-state index in [1.165, 1.54) is 16.1 Å². The number of hydrogen-bond donors (Lipinski definition) is 0. The Morgan fingerprint density at radius 2 is 2.00 bits per heavy atom. The van der Waals surface area contributed by atoms with Crippen LogP contribution in [0.5, 0.6) is 0 Å². The number of aromatic nitrogens is 2. The quantitative estimate of drug-likeness (QED) is 0.525. The van der Waals surface area contributed by atoms with Crippen molar-refractivity contribution in [3.05, 3.63) is 36.4 Å². The first-order valence-electron chi connectivity index (χ1n) is 7.59. The van der Waals surface area contributed by atoms with Crippen LogP contribution in [0.2, 0.25) is 0 Å². The third-order valence-corrected chi connectivity index (χ3v) is 6.37. The summed E-state index contributed by atoms with van der Waals surface area (Å²) in [6.45, 7) is 10.2. The van der Waals surface area contributed by atoms with Crippen molar-refractivity contribution in [2.24, 2.45) is 0 Å². The van der Waals surface area contributed by atoms with Gasteiger partial charge in [0.05, 0.1) is 4.90 Å². The minimum absolute atomic E-state index is 0.220. The fourth-order valence-corrected chi connectivity index (χ4v) is 4.18. The first kappa shape index (κ1) is 18.7. The van der Waals surface area contributed by atoms with Gasteiger partial charge in [0.25, 0.3) is 5.22 Å². The van der Waals surface area contributed by atoms with E-state index in [4.69, 9.17) is 4.42 Å². The van der Waals surface area contributed by atoms with Crippen LogP contribution in [-0.4, -0.2) is 41.8 Å². The van der Waals surface area contributed by atoms with Gasteiger partial charge in [-0.2, -0.15) is 4.31 Å². The van der Waals surface area contributed by atoms with Crippen LogP contribution in [0, 0.1) is 0 Å². The van der Waals surface area contributed by atoms with Gasteiger partial charge in [0.2, 0.25) is 15.9 Å². The first-order valence-corrected chi connectivity index (χ1v) is 10.0. The average Bonchev–Trinajstić information content (AvgIpc) is 3.03. The maximum Gasteiger partial charge on any atom is 0.277 e. The predicted molar refractivity (Wildman–Crippen MR) is 95.4 cm³/mol. The standard InChI is InChI=1S/C16H21N3O3S2/c1-5-19(6-2)24(20,21)14-9-7-8-13(10-14)15-17-18-16(22-15)23-11-12(3)4/h7-10H,3,5-6,11H2,1-2,4H3. The minimum Gasteiger partial charge on any atom is -0.411 e. The zero-order valence-corrected chi connectivity index (χ0v) is 15.7. The van der Waals surface area contributed by atoms with Gasteiger partial charge in [0, 0.05) is 24.4 Å². The van der Waals surface area contributed by atoms with Gasteiger partial charge in [-0.05, 0) is 25.1 Å². The Kier molecular flexibility index (Phi) is 6.20. The number of sulfonamides is 1. The third-order valence-electron chi connectivity index (χ3n) is 3.27. The Morgan fingerprint density at radius 1 is 1.29 bits per heavy atom. The molecule has 6 nitrogen and oxygen atoms in total. The summed E-state index contributed by atoms with van der Waals surface area (Å²) < 4.78 is 32.2. The highest BCUT2D eigenvalue weighted by Crippen LogP contribution is 2.26. The normalized spacial score (nSPS) is 11.8. The van der Waals surface area contributed by atoms with Crippen molar-refractivity contribution in [3.63, 3.8) is 0 Å². The van der Waals surface area contributed by atoms with Crippen LogP contribution in [0.3, 0.4) is 0 Å². The zero-order valence-electron chi connectivity index (χ0n) is 14.0. The molecule has 0 aliphatic rings. The molecule has 0 saturated heterocycles. The van der Waals surface area contributed by atoms with Crippen molar-refractivity contribution in [1.82, 2.24) is 14.5 Å². The summed E-state index contributed by atoms with van der Waals surface area (Å²) in [4.78, 5) is 0.220. The van der Waals surface area contributed by atoms with E-state index < -0.39 is 10.0 Å². The van der Waals surface area contributed by atoms with Gasteiger partial charge in [0.15, 0.2) is 0 Å². The van der Waals surface area contributed by atoms with Crippen molar-refractivity contribution in [3.8, 4) is 11.5 Å². The van der Waals surface area contributed by atoms with E-state index in [-0.39, 0.29) is 4.90 Å². The first-order chi connectivity index (χ1) is 11.4. The van der Waals surface area contributed by atoms with Crippen LogP contribution in [0.4, 0.5) is 0 Å². The third kappa shape index (κ3) is 4.25. The summed E-state index contributed by atoms with van der Waals surface area (Å²) in [5.74, 6) is 0.994. The molecule has 1 heterocycles. The SMILES string of the molecule is C=C(C)CSc1nnc(-c2cccc(S(=O)(=O)N(CC)CC)c2)o1. The van der Waals surface area contributed by atoms with Crippen molar-refractivity contribution in [1.29, 1.82) is 0 Å². The van der Waals surface area contributed by atoms with E-state index in [9.17, 15) is 8.42 Å². The van der Waals surface area contributed by atoms with Crippen LogP contribution in [-0.2, 0) is 10.0 Å². The Hall–Kier alpha value is -1.64. The van der Waals surface area contributed by atoms with Crippen LogP contribution >= 0.6 is 11.8 Å². The lowest BCUT2D eigenvalue weighted by Gasteiger charge is -2.18. The Bertz CT molecular complexity index is 811. The zero-order chi connectivity index (χ0) is 17.7. The summed E-state index contributed by atoms with van der Waals surface area (Å²) in [7, 11) is -3.52. The molecule has 0 bridgehead atoms. The second-order valence-corrected chi connectivity index (χ2v) is 8.10. The fraction of sp³-hybridized carbons (Fsp3) is 0.375. The second kappa shape index (κ2) is 7.96. The highest BCUT2D eigenvalue weighted by molar-refractivity contribution is 7.99. The van der Waals surface area contributed by atoms with Gasteiger partial charge in [-0.15, -0.1) is 10.2 Å². The number of rotatable bonds is 8. The molecular formula is C16H21N3O3S2. The summed E-state index contributed by atoms with van der Waals surface area (Å²) in [6.07, 6.45) is 0. The smallest absolute Gasteiger partial charge is 0.277 e. The largest absolute Gasteiger partial charge is 0.411 e. The highest BCUT2D eigenvalue weighted by Gasteiger charge is 2.22. The number of hydrogen-bond acceptors (Lipinski definition) is 6. The van der Waals surface area contributed by atoms with Gasteiger partial charge < -0.3 is 4.42 Å². The molecule has 0 aliphatic heterocycles. The lowest BCUT2D eigenvalue weighted by Crippen LogP contribution is -2.30. The molecule has 0 atom stereocenters. The van der Waals surface area contributed by atoms with Gasteiger partial charge >= 0.3 is 0 Å². The average molecular weight is 367 g/mol. The number of thioether (sulfide) groups is 1. The fourth-order valence-electron chi connectivity index (χ4n) is 2.07. The summed E-state index contributed by atoms with van der Waals surface area (Å²) in [5, 5.41) is 8.40. The molecule has 130 valence electrons. The van der Waals surface area contributed by atoms with E-state index in [0.717, 1.165) is 5.57 Å². The molecule has 2 rings (SSSR count). The van der Waals surface area contributed by atoms with E-state index in [1.54, 1.807) is 24.3 Å². The van der Waals surface area contributed by atoms with Gasteiger partial charge in [0.1, 0.15) is 0 Å². The monoisotopic (exact) mass is 367 g/mol. The van der Waals surface area contributed by atoms with E-state index in [1.807, 2.05) is 20.8 Å². The number of benzene rings is 1. The van der Waals surface area contributed by atoms with Crippen LogP contribution in [0.25, 0.3) is 11.5 Å². The molecule has 0 spiro atoms. The lowest BCUT2D eigenvalue weighted by molar-refractivity contribution is 0.445. The second-order valence-electron chi connectivity index (χ2n) is 5.24. The number of nitrogens with zero attached hydrogens (tertiary/aromatic N) is 3. The minimum atomic E-state index is -3.52.